The predicted molar refractivity (Wildman–Crippen MR) is 59.7 cm³/mol. The van der Waals surface area contributed by atoms with Crippen molar-refractivity contribution in [1.29, 1.82) is 0 Å². The van der Waals surface area contributed by atoms with Gasteiger partial charge in [-0.3, -0.25) is 0 Å². The highest BCUT2D eigenvalue weighted by Gasteiger charge is 2.04. The summed E-state index contributed by atoms with van der Waals surface area (Å²) < 4.78 is 10.2. The van der Waals surface area contributed by atoms with Gasteiger partial charge in [0.1, 0.15) is 5.75 Å². The number of methoxy groups -OCH3 is 1. The van der Waals surface area contributed by atoms with Gasteiger partial charge in [-0.05, 0) is 30.7 Å². The van der Waals surface area contributed by atoms with Crippen LogP contribution in [0.2, 0.25) is 0 Å². The first-order valence-corrected chi connectivity index (χ1v) is 4.69. The summed E-state index contributed by atoms with van der Waals surface area (Å²) in [6.07, 6.45) is 0. The third-order valence-corrected chi connectivity index (χ3v) is 2.09. The molecule has 0 aliphatic carbocycles. The van der Waals surface area contributed by atoms with Gasteiger partial charge in [-0.2, -0.15) is 0 Å². The molecule has 84 valence electrons. The van der Waals surface area contributed by atoms with Crippen molar-refractivity contribution < 1.29 is 9.15 Å². The Morgan fingerprint density at radius 1 is 1.38 bits per heavy atom. The number of aromatic nitrogens is 2. The van der Waals surface area contributed by atoms with E-state index in [-0.39, 0.29) is 12.0 Å². The van der Waals surface area contributed by atoms with Gasteiger partial charge < -0.3 is 20.2 Å². The maximum atomic E-state index is 5.31. The molecule has 0 radical (unpaired) electrons. The Morgan fingerprint density at radius 2 is 2.19 bits per heavy atom. The second-order valence-electron chi connectivity index (χ2n) is 3.25. The van der Waals surface area contributed by atoms with Gasteiger partial charge in [0.15, 0.2) is 0 Å². The molecule has 1 heterocycles. The zero-order chi connectivity index (χ0) is 11.5. The van der Waals surface area contributed by atoms with Crippen LogP contribution in [0.5, 0.6) is 5.75 Å². The first-order chi connectivity index (χ1) is 7.69. The van der Waals surface area contributed by atoms with Gasteiger partial charge in [0, 0.05) is 5.69 Å². The van der Waals surface area contributed by atoms with Crippen molar-refractivity contribution in [3.63, 3.8) is 0 Å². The van der Waals surface area contributed by atoms with E-state index >= 15 is 0 Å². The zero-order valence-corrected chi connectivity index (χ0v) is 9.02. The van der Waals surface area contributed by atoms with Crippen LogP contribution in [0.25, 0.3) is 0 Å². The van der Waals surface area contributed by atoms with Crippen molar-refractivity contribution in [2.75, 3.05) is 18.2 Å². The first-order valence-electron chi connectivity index (χ1n) is 4.69. The minimum Gasteiger partial charge on any atom is -0.496 e. The summed E-state index contributed by atoms with van der Waals surface area (Å²) >= 11 is 0. The van der Waals surface area contributed by atoms with E-state index in [0.717, 1.165) is 17.0 Å². The normalized spacial score (nSPS) is 10.1. The zero-order valence-electron chi connectivity index (χ0n) is 9.02. The van der Waals surface area contributed by atoms with Crippen LogP contribution in [0, 0.1) is 6.92 Å². The largest absolute Gasteiger partial charge is 0.496 e. The van der Waals surface area contributed by atoms with E-state index in [0.29, 0.717) is 0 Å². The molecule has 3 N–H and O–H groups in total. The lowest BCUT2D eigenvalue weighted by molar-refractivity contribution is 0.412. The highest BCUT2D eigenvalue weighted by Crippen LogP contribution is 2.23. The number of aryl methyl sites for hydroxylation is 1. The standard InChI is InChI=1S/C10H12N4O2/c1-6-5-7(3-4-8(6)15-2)12-10-14-13-9(11)16-10/h3-5H,1-2H3,(H2,11,13)(H,12,14). The summed E-state index contributed by atoms with van der Waals surface area (Å²) in [7, 11) is 1.63. The molecule has 0 amide bonds. The highest BCUT2D eigenvalue weighted by molar-refractivity contribution is 5.56. The molecule has 6 heteroatoms. The Balaban J connectivity index is 2.19. The monoisotopic (exact) mass is 220 g/mol. The second-order valence-corrected chi connectivity index (χ2v) is 3.25. The van der Waals surface area contributed by atoms with Crippen LogP contribution < -0.4 is 15.8 Å². The molecule has 0 aliphatic heterocycles. The van der Waals surface area contributed by atoms with E-state index in [2.05, 4.69) is 15.5 Å². The van der Waals surface area contributed by atoms with Crippen LogP contribution in [0.3, 0.4) is 0 Å². The molecule has 1 aromatic carbocycles. The van der Waals surface area contributed by atoms with Gasteiger partial charge in [0.2, 0.25) is 0 Å². The number of hydrogen-bond acceptors (Lipinski definition) is 6. The molecule has 0 bridgehead atoms. The maximum Gasteiger partial charge on any atom is 0.321 e. The minimum absolute atomic E-state index is 0.0349. The molecule has 0 fully saturated rings. The van der Waals surface area contributed by atoms with Crippen molar-refractivity contribution in [3.8, 4) is 5.75 Å². The molecule has 0 spiro atoms. The summed E-state index contributed by atoms with van der Waals surface area (Å²) in [5.74, 6) is 0.829. The van der Waals surface area contributed by atoms with Crippen molar-refractivity contribution in [2.45, 2.75) is 6.92 Å². The number of ether oxygens (including phenoxy) is 1. The summed E-state index contributed by atoms with van der Waals surface area (Å²) in [5.41, 5.74) is 7.16. The number of hydrogen-bond donors (Lipinski definition) is 2. The van der Waals surface area contributed by atoms with Crippen LogP contribution in [0.1, 0.15) is 5.56 Å². The molecule has 0 saturated carbocycles. The highest BCUT2D eigenvalue weighted by atomic mass is 16.5. The molecular formula is C10H12N4O2. The molecule has 2 aromatic rings. The number of nitrogens with two attached hydrogens (primary N) is 1. The van der Waals surface area contributed by atoms with Crippen molar-refractivity contribution in [1.82, 2.24) is 10.2 Å². The third kappa shape index (κ3) is 2.05. The average molecular weight is 220 g/mol. The van der Waals surface area contributed by atoms with Gasteiger partial charge in [0.25, 0.3) is 0 Å². The fourth-order valence-electron chi connectivity index (χ4n) is 1.36. The van der Waals surface area contributed by atoms with Gasteiger partial charge in [-0.15, -0.1) is 0 Å². The number of rotatable bonds is 3. The molecule has 0 unspecified atom stereocenters. The summed E-state index contributed by atoms with van der Waals surface area (Å²) in [5, 5.41) is 10.2. The Labute approximate surface area is 92.4 Å². The molecule has 0 aliphatic rings. The van der Waals surface area contributed by atoms with Crippen LogP contribution in [0.15, 0.2) is 22.6 Å². The van der Waals surface area contributed by atoms with Gasteiger partial charge >= 0.3 is 12.0 Å². The second kappa shape index (κ2) is 4.09. The summed E-state index contributed by atoms with van der Waals surface area (Å²) in [6, 6.07) is 5.93. The number of anilines is 3. The fourth-order valence-corrected chi connectivity index (χ4v) is 1.36. The molecular weight excluding hydrogens is 208 g/mol. The Kier molecular flexibility index (Phi) is 2.63. The number of nitrogen functional groups attached to an aromatic ring is 1. The van der Waals surface area contributed by atoms with Crippen molar-refractivity contribution in [3.05, 3.63) is 23.8 Å². The van der Waals surface area contributed by atoms with Crippen LogP contribution in [-0.2, 0) is 0 Å². The van der Waals surface area contributed by atoms with Gasteiger partial charge in [0.05, 0.1) is 7.11 Å². The lowest BCUT2D eigenvalue weighted by atomic mass is 10.2. The molecule has 2 rings (SSSR count). The summed E-state index contributed by atoms with van der Waals surface area (Å²) in [6.45, 7) is 1.95. The maximum absolute atomic E-state index is 5.31. The summed E-state index contributed by atoms with van der Waals surface area (Å²) in [4.78, 5) is 0. The molecule has 0 atom stereocenters. The number of nitrogens with one attached hydrogen (secondary N) is 1. The van der Waals surface area contributed by atoms with Crippen molar-refractivity contribution in [2.24, 2.45) is 0 Å². The predicted octanol–water partition coefficient (Wildman–Crippen LogP) is 1.71. The van der Waals surface area contributed by atoms with Crippen molar-refractivity contribution >= 4 is 17.7 Å². The number of nitrogens with zero attached hydrogens (tertiary/aromatic N) is 2. The van der Waals surface area contributed by atoms with E-state index in [1.165, 1.54) is 0 Å². The SMILES string of the molecule is COc1ccc(Nc2nnc(N)o2)cc1C. The Bertz CT molecular complexity index is 495. The van der Waals surface area contributed by atoms with Gasteiger partial charge in [-0.1, -0.05) is 10.2 Å². The van der Waals surface area contributed by atoms with Crippen LogP contribution in [-0.4, -0.2) is 17.3 Å². The van der Waals surface area contributed by atoms with E-state index in [9.17, 15) is 0 Å². The Hall–Kier alpha value is -2.24. The smallest absolute Gasteiger partial charge is 0.321 e. The number of benzene rings is 1. The molecule has 0 saturated heterocycles. The molecule has 1 aromatic heterocycles. The van der Waals surface area contributed by atoms with Crippen LogP contribution >= 0.6 is 0 Å². The minimum atomic E-state index is 0.0349. The van der Waals surface area contributed by atoms with E-state index < -0.39 is 0 Å². The topological polar surface area (TPSA) is 86.2 Å². The third-order valence-electron chi connectivity index (χ3n) is 2.09. The van der Waals surface area contributed by atoms with E-state index in [1.54, 1.807) is 7.11 Å². The van der Waals surface area contributed by atoms with Gasteiger partial charge in [-0.25, -0.2) is 0 Å². The van der Waals surface area contributed by atoms with E-state index in [1.807, 2.05) is 25.1 Å². The van der Waals surface area contributed by atoms with Crippen LogP contribution in [0.4, 0.5) is 17.7 Å². The fraction of sp³-hybridized carbons (Fsp3) is 0.200. The quantitative estimate of drug-likeness (QED) is 0.818. The molecule has 6 nitrogen and oxygen atoms in total. The van der Waals surface area contributed by atoms with E-state index in [4.69, 9.17) is 14.9 Å². The lowest BCUT2D eigenvalue weighted by Gasteiger charge is -2.06. The molecule has 16 heavy (non-hydrogen) atoms. The first kappa shape index (κ1) is 10.3. The Morgan fingerprint density at radius 3 is 2.75 bits per heavy atom. The average Bonchev–Trinajstić information content (AvgIpc) is 2.64. The lowest BCUT2D eigenvalue weighted by Crippen LogP contribution is -1.93.